The van der Waals surface area contributed by atoms with Gasteiger partial charge in [0, 0.05) is 41.8 Å². The van der Waals surface area contributed by atoms with Gasteiger partial charge in [-0.2, -0.15) is 0 Å². The highest BCUT2D eigenvalue weighted by atomic mass is 32.2. The van der Waals surface area contributed by atoms with Gasteiger partial charge in [-0.3, -0.25) is 4.98 Å². The van der Waals surface area contributed by atoms with Crippen molar-refractivity contribution in [2.75, 3.05) is 0 Å². The second-order valence-corrected chi connectivity index (χ2v) is 11.2. The number of aromatic nitrogens is 3. The van der Waals surface area contributed by atoms with Crippen LogP contribution in [0, 0.1) is 5.92 Å². The highest BCUT2D eigenvalue weighted by molar-refractivity contribution is 7.90. The van der Waals surface area contributed by atoms with Gasteiger partial charge in [0.25, 0.3) is 10.0 Å². The third-order valence-corrected chi connectivity index (χ3v) is 6.40. The fourth-order valence-corrected chi connectivity index (χ4v) is 4.69. The average Bonchev–Trinajstić information content (AvgIpc) is 3.15. The van der Waals surface area contributed by atoms with Crippen LogP contribution in [0.5, 0.6) is 0 Å². The second kappa shape index (κ2) is 9.35. The van der Waals surface area contributed by atoms with E-state index in [9.17, 15) is 13.2 Å². The standard InChI is InChI=1S/C24H30N4O4S/c1-16(2)12-19-13-20(21(14-26-19)33(31,32)27-23(29)30)18-8-6-17(7-9-18)15-28-11-10-25-22(28)24(3,4)5/h6-11,13-14,16,27H,12,15H2,1-5H3,(H,29,30). The number of nitrogens with zero attached hydrogens (tertiary/aromatic N) is 3. The maximum Gasteiger partial charge on any atom is 0.418 e. The lowest BCUT2D eigenvalue weighted by Crippen LogP contribution is -2.29. The first-order valence-corrected chi connectivity index (χ1v) is 12.2. The van der Waals surface area contributed by atoms with Crippen molar-refractivity contribution in [2.24, 2.45) is 5.92 Å². The fraction of sp³-hybridized carbons (Fsp3) is 0.375. The minimum absolute atomic E-state index is 0.0896. The highest BCUT2D eigenvalue weighted by Gasteiger charge is 2.23. The van der Waals surface area contributed by atoms with Crippen LogP contribution in [0.4, 0.5) is 4.79 Å². The van der Waals surface area contributed by atoms with E-state index in [2.05, 4.69) is 49.2 Å². The van der Waals surface area contributed by atoms with Gasteiger partial charge in [-0.25, -0.2) is 22.9 Å². The molecule has 0 aliphatic rings. The van der Waals surface area contributed by atoms with Crippen molar-refractivity contribution in [3.63, 3.8) is 0 Å². The molecule has 0 saturated heterocycles. The Morgan fingerprint density at radius 3 is 2.39 bits per heavy atom. The number of amides is 1. The fourth-order valence-electron chi connectivity index (χ4n) is 3.69. The van der Waals surface area contributed by atoms with Gasteiger partial charge >= 0.3 is 6.09 Å². The Hall–Kier alpha value is -3.20. The first-order valence-electron chi connectivity index (χ1n) is 10.7. The van der Waals surface area contributed by atoms with Gasteiger partial charge in [-0.1, -0.05) is 58.9 Å². The van der Waals surface area contributed by atoms with E-state index < -0.39 is 16.1 Å². The molecule has 3 aromatic rings. The zero-order chi connectivity index (χ0) is 24.4. The van der Waals surface area contributed by atoms with Gasteiger partial charge in [-0.05, 0) is 29.5 Å². The smallest absolute Gasteiger partial charge is 0.418 e. The van der Waals surface area contributed by atoms with Crippen LogP contribution in [0.2, 0.25) is 0 Å². The van der Waals surface area contributed by atoms with Gasteiger partial charge in [0.05, 0.1) is 0 Å². The summed E-state index contributed by atoms with van der Waals surface area (Å²) in [6.45, 7) is 11.1. The van der Waals surface area contributed by atoms with Crippen molar-refractivity contribution in [1.82, 2.24) is 19.3 Å². The molecule has 0 aliphatic heterocycles. The van der Waals surface area contributed by atoms with Crippen LogP contribution in [0.25, 0.3) is 11.1 Å². The molecule has 0 saturated carbocycles. The molecular weight excluding hydrogens is 440 g/mol. The molecule has 1 aromatic carbocycles. The van der Waals surface area contributed by atoms with E-state index in [1.165, 1.54) is 6.20 Å². The Labute approximate surface area is 194 Å². The highest BCUT2D eigenvalue weighted by Crippen LogP contribution is 2.29. The molecule has 0 spiro atoms. The number of hydrogen-bond donors (Lipinski definition) is 2. The van der Waals surface area contributed by atoms with Crippen LogP contribution in [0.15, 0.2) is 53.8 Å². The predicted molar refractivity (Wildman–Crippen MR) is 127 cm³/mol. The van der Waals surface area contributed by atoms with Crippen LogP contribution in [0.1, 0.15) is 51.7 Å². The van der Waals surface area contributed by atoms with E-state index in [1.54, 1.807) is 17.0 Å². The summed E-state index contributed by atoms with van der Waals surface area (Å²) in [5.74, 6) is 1.31. The molecule has 2 heterocycles. The molecule has 2 aromatic heterocycles. The van der Waals surface area contributed by atoms with E-state index in [0.29, 0.717) is 30.0 Å². The van der Waals surface area contributed by atoms with Crippen LogP contribution in [-0.4, -0.2) is 34.2 Å². The lowest BCUT2D eigenvalue weighted by atomic mass is 9.95. The average molecular weight is 471 g/mol. The molecule has 176 valence electrons. The molecule has 9 heteroatoms. The van der Waals surface area contributed by atoms with Gasteiger partial charge in [0.15, 0.2) is 0 Å². The lowest BCUT2D eigenvalue weighted by molar-refractivity contribution is 0.201. The Balaban J connectivity index is 1.99. The lowest BCUT2D eigenvalue weighted by Gasteiger charge is -2.20. The number of carboxylic acid groups (broad SMARTS) is 1. The summed E-state index contributed by atoms with van der Waals surface area (Å²) >= 11 is 0. The number of pyridine rings is 1. The summed E-state index contributed by atoms with van der Waals surface area (Å²) < 4.78 is 29.0. The van der Waals surface area contributed by atoms with Gasteiger partial charge in [0.2, 0.25) is 0 Å². The van der Waals surface area contributed by atoms with Crippen molar-refractivity contribution in [3.05, 3.63) is 66.0 Å². The molecule has 0 unspecified atom stereocenters. The van der Waals surface area contributed by atoms with E-state index in [-0.39, 0.29) is 10.3 Å². The number of imidazole rings is 1. The number of nitrogens with one attached hydrogen (secondary N) is 1. The molecule has 0 atom stereocenters. The molecule has 0 radical (unpaired) electrons. The zero-order valence-electron chi connectivity index (χ0n) is 19.5. The van der Waals surface area contributed by atoms with E-state index in [1.807, 2.05) is 30.5 Å². The minimum atomic E-state index is -4.28. The Morgan fingerprint density at radius 1 is 1.15 bits per heavy atom. The number of rotatable bonds is 7. The maximum absolute atomic E-state index is 12.6. The van der Waals surface area contributed by atoms with Crippen molar-refractivity contribution in [2.45, 2.75) is 57.9 Å². The molecular formula is C24H30N4O4S. The van der Waals surface area contributed by atoms with Gasteiger partial charge < -0.3 is 9.67 Å². The molecule has 1 amide bonds. The van der Waals surface area contributed by atoms with Crippen LogP contribution in [0.3, 0.4) is 0 Å². The van der Waals surface area contributed by atoms with E-state index in [4.69, 9.17) is 5.11 Å². The van der Waals surface area contributed by atoms with Crippen LogP contribution >= 0.6 is 0 Å². The molecule has 0 aliphatic carbocycles. The summed E-state index contributed by atoms with van der Waals surface area (Å²) in [7, 11) is -4.28. The Kier molecular flexibility index (Phi) is 6.92. The number of sulfonamides is 1. The molecule has 2 N–H and O–H groups in total. The molecule has 0 bridgehead atoms. The third kappa shape index (κ3) is 5.98. The summed E-state index contributed by atoms with van der Waals surface area (Å²) in [5, 5.41) is 8.97. The van der Waals surface area contributed by atoms with Crippen molar-refractivity contribution in [3.8, 4) is 11.1 Å². The summed E-state index contributed by atoms with van der Waals surface area (Å²) in [4.78, 5) is 19.6. The van der Waals surface area contributed by atoms with Crippen molar-refractivity contribution >= 4 is 16.1 Å². The first-order chi connectivity index (χ1) is 15.4. The quantitative estimate of drug-likeness (QED) is 0.527. The van der Waals surface area contributed by atoms with Gasteiger partial charge in [-0.15, -0.1) is 0 Å². The first kappa shape index (κ1) is 24.4. The second-order valence-electron chi connectivity index (χ2n) is 9.51. The molecule has 33 heavy (non-hydrogen) atoms. The number of benzene rings is 1. The minimum Gasteiger partial charge on any atom is -0.464 e. The maximum atomic E-state index is 12.6. The summed E-state index contributed by atoms with van der Waals surface area (Å²) in [6.07, 6.45) is 3.99. The number of carbonyl (C=O) groups is 1. The molecule has 8 nitrogen and oxygen atoms in total. The normalized spacial score (nSPS) is 12.2. The van der Waals surface area contributed by atoms with Crippen molar-refractivity contribution < 1.29 is 18.3 Å². The summed E-state index contributed by atoms with van der Waals surface area (Å²) in [5.41, 5.74) is 2.77. The largest absolute Gasteiger partial charge is 0.464 e. The Bertz CT molecular complexity index is 1240. The summed E-state index contributed by atoms with van der Waals surface area (Å²) in [6, 6.07) is 9.28. The topological polar surface area (TPSA) is 114 Å². The van der Waals surface area contributed by atoms with Crippen molar-refractivity contribution in [1.29, 1.82) is 0 Å². The predicted octanol–water partition coefficient (Wildman–Crippen LogP) is 4.45. The SMILES string of the molecule is CC(C)Cc1cc(-c2ccc(Cn3ccnc3C(C)(C)C)cc2)c(S(=O)(=O)NC(=O)O)cn1. The van der Waals surface area contributed by atoms with Crippen LogP contribution in [-0.2, 0) is 28.4 Å². The Morgan fingerprint density at radius 2 is 1.82 bits per heavy atom. The zero-order valence-corrected chi connectivity index (χ0v) is 20.3. The number of hydrogen-bond acceptors (Lipinski definition) is 5. The van der Waals surface area contributed by atoms with Crippen LogP contribution < -0.4 is 4.72 Å². The monoisotopic (exact) mass is 470 g/mol. The molecule has 3 rings (SSSR count). The van der Waals surface area contributed by atoms with E-state index >= 15 is 0 Å². The van der Waals surface area contributed by atoms with Gasteiger partial charge in [0.1, 0.15) is 10.7 Å². The third-order valence-electron chi connectivity index (χ3n) is 5.06. The van der Waals surface area contributed by atoms with E-state index in [0.717, 1.165) is 17.1 Å². The molecule has 0 fully saturated rings.